The molecule has 166 valence electrons. The molecule has 1 atom stereocenters. The highest BCUT2D eigenvalue weighted by molar-refractivity contribution is 7.89. The molecule has 8 nitrogen and oxygen atoms in total. The van der Waals surface area contributed by atoms with Gasteiger partial charge in [-0.3, -0.25) is 4.79 Å². The summed E-state index contributed by atoms with van der Waals surface area (Å²) in [5.41, 5.74) is 1.50. The zero-order chi connectivity index (χ0) is 22.6. The number of urea groups is 1. The smallest absolute Gasteiger partial charge is 0.317 e. The van der Waals surface area contributed by atoms with Crippen LogP contribution in [-0.2, 0) is 14.8 Å². The van der Waals surface area contributed by atoms with Crippen molar-refractivity contribution in [3.63, 3.8) is 0 Å². The van der Waals surface area contributed by atoms with E-state index < -0.39 is 10.0 Å². The minimum absolute atomic E-state index is 0.0715. The van der Waals surface area contributed by atoms with E-state index in [0.29, 0.717) is 5.69 Å². The Labute approximate surface area is 187 Å². The molecule has 3 rings (SSSR count). The van der Waals surface area contributed by atoms with Crippen LogP contribution in [0.25, 0.3) is 0 Å². The van der Waals surface area contributed by atoms with Gasteiger partial charge in [0.15, 0.2) is 0 Å². The summed E-state index contributed by atoms with van der Waals surface area (Å²) in [6.07, 6.45) is 0. The zero-order valence-electron chi connectivity index (χ0n) is 17.3. The van der Waals surface area contributed by atoms with Crippen LogP contribution in [0.15, 0.2) is 53.4 Å². The van der Waals surface area contributed by atoms with Crippen molar-refractivity contribution in [1.82, 2.24) is 14.5 Å². The fraction of sp³-hybridized carbons (Fsp3) is 0.333. The molecule has 1 heterocycles. The number of hydrogen-bond donors (Lipinski definition) is 2. The number of carbonyl (C=O) groups is 2. The number of benzene rings is 2. The molecule has 1 saturated heterocycles. The van der Waals surface area contributed by atoms with Crippen molar-refractivity contribution in [2.45, 2.75) is 24.8 Å². The summed E-state index contributed by atoms with van der Waals surface area (Å²) in [4.78, 5) is 25.6. The Morgan fingerprint density at radius 2 is 1.71 bits per heavy atom. The van der Waals surface area contributed by atoms with Gasteiger partial charge in [0.05, 0.1) is 11.1 Å². The first-order valence-electron chi connectivity index (χ1n) is 9.86. The summed E-state index contributed by atoms with van der Waals surface area (Å²) in [6.45, 7) is 4.20. The molecule has 0 aromatic heterocycles. The Bertz CT molecular complexity index is 1070. The van der Waals surface area contributed by atoms with Crippen molar-refractivity contribution in [3.8, 4) is 0 Å². The maximum absolute atomic E-state index is 12.8. The van der Waals surface area contributed by atoms with E-state index >= 15 is 0 Å². The lowest BCUT2D eigenvalue weighted by Gasteiger charge is -2.34. The van der Waals surface area contributed by atoms with Gasteiger partial charge in [-0.1, -0.05) is 35.9 Å². The van der Waals surface area contributed by atoms with Gasteiger partial charge in [0.1, 0.15) is 4.90 Å². The lowest BCUT2D eigenvalue weighted by Crippen LogP contribution is -2.53. The van der Waals surface area contributed by atoms with Gasteiger partial charge in [0.2, 0.25) is 15.9 Å². The summed E-state index contributed by atoms with van der Waals surface area (Å²) in [7, 11) is -3.71. The second kappa shape index (κ2) is 9.67. The highest BCUT2D eigenvalue weighted by Crippen LogP contribution is 2.25. The van der Waals surface area contributed by atoms with Crippen LogP contribution in [0.1, 0.15) is 25.5 Å². The van der Waals surface area contributed by atoms with Crippen LogP contribution >= 0.6 is 11.6 Å². The van der Waals surface area contributed by atoms with Gasteiger partial charge in [-0.2, -0.15) is 4.31 Å². The number of sulfonamides is 1. The third-order valence-corrected chi connectivity index (χ3v) is 7.43. The summed E-state index contributed by atoms with van der Waals surface area (Å²) in [5.74, 6) is -0.168. The van der Waals surface area contributed by atoms with Crippen LogP contribution in [0.4, 0.5) is 10.5 Å². The second-order valence-electron chi connectivity index (χ2n) is 7.30. The fourth-order valence-electron chi connectivity index (χ4n) is 3.37. The third kappa shape index (κ3) is 5.55. The number of nitrogens with zero attached hydrogens (tertiary/aromatic N) is 2. The van der Waals surface area contributed by atoms with Gasteiger partial charge in [-0.25, -0.2) is 13.2 Å². The normalized spacial score (nSPS) is 15.9. The number of rotatable bonds is 5. The van der Waals surface area contributed by atoms with Crippen molar-refractivity contribution in [2.24, 2.45) is 0 Å². The largest absolute Gasteiger partial charge is 0.331 e. The molecule has 0 radical (unpaired) electrons. The Morgan fingerprint density at radius 1 is 1.03 bits per heavy atom. The summed E-state index contributed by atoms with van der Waals surface area (Å²) in [5, 5.41) is 5.82. The number of nitrogens with one attached hydrogen (secondary N) is 2. The number of halogens is 1. The molecule has 2 aromatic carbocycles. The number of anilines is 1. The molecule has 2 N–H and O–H groups in total. The van der Waals surface area contributed by atoms with Crippen molar-refractivity contribution in [2.75, 3.05) is 31.5 Å². The third-order valence-electron chi connectivity index (χ3n) is 5.03. The first-order valence-corrected chi connectivity index (χ1v) is 11.7. The van der Waals surface area contributed by atoms with Crippen LogP contribution in [0, 0.1) is 0 Å². The molecule has 1 aliphatic heterocycles. The predicted molar refractivity (Wildman–Crippen MR) is 119 cm³/mol. The van der Waals surface area contributed by atoms with Crippen molar-refractivity contribution in [1.29, 1.82) is 0 Å². The highest BCUT2D eigenvalue weighted by Gasteiger charge is 2.31. The first kappa shape index (κ1) is 23.1. The lowest BCUT2D eigenvalue weighted by atomic mass is 10.1. The van der Waals surface area contributed by atoms with Gasteiger partial charge in [0, 0.05) is 38.8 Å². The first-order chi connectivity index (χ1) is 14.7. The fourth-order valence-corrected chi connectivity index (χ4v) is 5.29. The molecule has 0 spiro atoms. The molecule has 0 bridgehead atoms. The number of hydrogen-bond acceptors (Lipinski definition) is 4. The van der Waals surface area contributed by atoms with Gasteiger partial charge >= 0.3 is 6.03 Å². The van der Waals surface area contributed by atoms with Crippen LogP contribution in [0.5, 0.6) is 0 Å². The molecule has 0 saturated carbocycles. The van der Waals surface area contributed by atoms with E-state index in [0.717, 1.165) is 5.56 Å². The second-order valence-corrected chi connectivity index (χ2v) is 9.61. The van der Waals surface area contributed by atoms with E-state index in [2.05, 4.69) is 10.6 Å². The van der Waals surface area contributed by atoms with E-state index in [1.165, 1.54) is 17.3 Å². The number of piperazine rings is 1. The highest BCUT2D eigenvalue weighted by atomic mass is 35.5. The molecule has 3 amide bonds. The Morgan fingerprint density at radius 3 is 2.35 bits per heavy atom. The number of carbonyl (C=O) groups excluding carboxylic acids is 2. The zero-order valence-corrected chi connectivity index (χ0v) is 18.9. The van der Waals surface area contributed by atoms with Crippen molar-refractivity contribution >= 4 is 39.2 Å². The molecular formula is C21H25ClN4O4S. The molecular weight excluding hydrogens is 440 g/mol. The van der Waals surface area contributed by atoms with E-state index in [4.69, 9.17) is 11.6 Å². The molecule has 1 fully saturated rings. The minimum Gasteiger partial charge on any atom is -0.331 e. The predicted octanol–water partition coefficient (Wildman–Crippen LogP) is 3.08. The van der Waals surface area contributed by atoms with Crippen LogP contribution in [0.3, 0.4) is 0 Å². The molecule has 31 heavy (non-hydrogen) atoms. The topological polar surface area (TPSA) is 98.8 Å². The maximum Gasteiger partial charge on any atom is 0.317 e. The van der Waals surface area contributed by atoms with Gasteiger partial charge in [0.25, 0.3) is 0 Å². The van der Waals surface area contributed by atoms with Gasteiger partial charge in [-0.15, -0.1) is 0 Å². The number of amides is 3. The van der Waals surface area contributed by atoms with E-state index in [1.807, 2.05) is 19.1 Å². The van der Waals surface area contributed by atoms with Crippen molar-refractivity contribution < 1.29 is 18.0 Å². The van der Waals surface area contributed by atoms with Crippen LogP contribution in [0.2, 0.25) is 5.02 Å². The molecule has 10 heteroatoms. The molecule has 0 aliphatic carbocycles. The summed E-state index contributed by atoms with van der Waals surface area (Å²) >= 11 is 6.06. The quantitative estimate of drug-likeness (QED) is 0.710. The van der Waals surface area contributed by atoms with E-state index in [-0.39, 0.29) is 54.1 Å². The summed E-state index contributed by atoms with van der Waals surface area (Å²) in [6, 6.07) is 13.0. The van der Waals surface area contributed by atoms with Crippen molar-refractivity contribution in [3.05, 3.63) is 59.1 Å². The molecule has 2 aromatic rings. The Hall–Kier alpha value is -2.62. The maximum atomic E-state index is 12.8. The monoisotopic (exact) mass is 464 g/mol. The Kier molecular flexibility index (Phi) is 7.19. The molecule has 1 unspecified atom stereocenters. The lowest BCUT2D eigenvalue weighted by molar-refractivity contribution is -0.114. The van der Waals surface area contributed by atoms with E-state index in [9.17, 15) is 18.0 Å². The van der Waals surface area contributed by atoms with E-state index in [1.54, 1.807) is 35.2 Å². The van der Waals surface area contributed by atoms with Gasteiger partial charge < -0.3 is 15.5 Å². The van der Waals surface area contributed by atoms with Crippen LogP contribution in [-0.4, -0.2) is 55.7 Å². The average Bonchev–Trinajstić information content (AvgIpc) is 2.73. The Balaban J connectivity index is 1.59. The van der Waals surface area contributed by atoms with Gasteiger partial charge in [-0.05, 0) is 36.8 Å². The minimum atomic E-state index is -3.71. The SMILES string of the molecule is CC(=O)Nc1cccc(C(C)NC(=O)N2CCN(S(=O)(=O)c3ccccc3Cl)CC2)c1. The molecule has 1 aliphatic rings. The average molecular weight is 465 g/mol. The summed E-state index contributed by atoms with van der Waals surface area (Å²) < 4.78 is 27.0. The van der Waals surface area contributed by atoms with Crippen LogP contribution < -0.4 is 10.6 Å². The standard InChI is InChI=1S/C21H25ClN4O4S/c1-15(17-6-5-7-18(14-17)24-16(2)27)23-21(28)25-10-12-26(13-11-25)31(29,30)20-9-4-3-8-19(20)22/h3-9,14-15H,10-13H2,1-2H3,(H,23,28)(H,24,27).